The molecule has 5 nitrogen and oxygen atoms in total. The van der Waals surface area contributed by atoms with Gasteiger partial charge in [-0.3, -0.25) is 0 Å². The summed E-state index contributed by atoms with van der Waals surface area (Å²) in [5.41, 5.74) is 0.925. The second kappa shape index (κ2) is 7.47. The van der Waals surface area contributed by atoms with E-state index in [4.69, 9.17) is 5.11 Å². The van der Waals surface area contributed by atoms with Gasteiger partial charge in [0, 0.05) is 24.1 Å². The molecule has 17 heavy (non-hydrogen) atoms. The van der Waals surface area contributed by atoms with Crippen LogP contribution in [0.25, 0.3) is 0 Å². The first kappa shape index (κ1) is 14.2. The maximum atomic E-state index is 9.21. The first-order valence-electron chi connectivity index (χ1n) is 5.60. The molecule has 1 aromatic heterocycles. The first-order chi connectivity index (χ1) is 8.15. The summed E-state index contributed by atoms with van der Waals surface area (Å²) in [7, 11) is 0. The molecule has 0 bridgehead atoms. The van der Waals surface area contributed by atoms with E-state index in [1.54, 1.807) is 0 Å². The van der Waals surface area contributed by atoms with Crippen LogP contribution >= 0.6 is 11.8 Å². The molecule has 0 spiro atoms. The number of anilines is 1. The topological polar surface area (TPSA) is 78.3 Å². The Hall–Kier alpha value is -0.850. The highest BCUT2D eigenvalue weighted by Crippen LogP contribution is 2.13. The van der Waals surface area contributed by atoms with Gasteiger partial charge < -0.3 is 15.5 Å². The second-order valence-corrected chi connectivity index (χ2v) is 4.72. The van der Waals surface area contributed by atoms with Gasteiger partial charge in [0.25, 0.3) is 0 Å². The lowest BCUT2D eigenvalue weighted by Crippen LogP contribution is -2.15. The largest absolute Gasteiger partial charge is 0.394 e. The van der Waals surface area contributed by atoms with Crippen LogP contribution < -0.4 is 5.32 Å². The molecule has 0 fully saturated rings. The third-order valence-corrected chi connectivity index (χ3v) is 3.09. The Kier molecular flexibility index (Phi) is 6.25. The molecule has 0 saturated carbocycles. The highest BCUT2D eigenvalue weighted by atomic mass is 32.2. The van der Waals surface area contributed by atoms with Crippen LogP contribution in [0.2, 0.25) is 0 Å². The highest BCUT2D eigenvalue weighted by Gasteiger charge is 2.05. The molecule has 0 aliphatic heterocycles. The number of rotatable bonds is 7. The van der Waals surface area contributed by atoms with Gasteiger partial charge in [-0.1, -0.05) is 0 Å². The Bertz CT molecular complexity index is 349. The summed E-state index contributed by atoms with van der Waals surface area (Å²) in [6, 6.07) is 1.90. The van der Waals surface area contributed by atoms with Crippen LogP contribution in [0.5, 0.6) is 0 Å². The average Bonchev–Trinajstić information content (AvgIpc) is 2.28. The van der Waals surface area contributed by atoms with Gasteiger partial charge in [0.05, 0.1) is 18.5 Å². The van der Waals surface area contributed by atoms with Gasteiger partial charge in [0.1, 0.15) is 11.6 Å². The average molecular weight is 257 g/mol. The maximum Gasteiger partial charge on any atom is 0.140 e. The lowest BCUT2D eigenvalue weighted by molar-refractivity contribution is 0.113. The van der Waals surface area contributed by atoms with Crippen molar-refractivity contribution < 1.29 is 10.2 Å². The Morgan fingerprint density at radius 2 is 2.24 bits per heavy atom. The lowest BCUT2D eigenvalue weighted by Gasteiger charge is -2.08. The lowest BCUT2D eigenvalue weighted by atomic mass is 10.4. The van der Waals surface area contributed by atoms with Crippen molar-refractivity contribution in [2.45, 2.75) is 25.7 Å². The van der Waals surface area contributed by atoms with E-state index >= 15 is 0 Å². The molecule has 0 amide bonds. The van der Waals surface area contributed by atoms with Gasteiger partial charge in [0.15, 0.2) is 0 Å². The monoisotopic (exact) mass is 257 g/mol. The van der Waals surface area contributed by atoms with Gasteiger partial charge in [-0.25, -0.2) is 9.97 Å². The minimum absolute atomic E-state index is 0.204. The molecule has 0 radical (unpaired) electrons. The quantitative estimate of drug-likeness (QED) is 0.671. The number of hydrogen-bond donors (Lipinski definition) is 3. The van der Waals surface area contributed by atoms with E-state index in [1.165, 1.54) is 11.8 Å². The number of hydrogen-bond acceptors (Lipinski definition) is 6. The SMILES string of the molecule is CCNc1cc(C)nc(CSCC(O)CO)n1. The number of aryl methyl sites for hydroxylation is 1. The van der Waals surface area contributed by atoms with Crippen molar-refractivity contribution in [3.63, 3.8) is 0 Å². The maximum absolute atomic E-state index is 9.21. The van der Waals surface area contributed by atoms with Crippen LogP contribution in [0.3, 0.4) is 0 Å². The van der Waals surface area contributed by atoms with Crippen LogP contribution in [0.15, 0.2) is 6.07 Å². The molecule has 1 rings (SSSR count). The van der Waals surface area contributed by atoms with E-state index in [2.05, 4.69) is 15.3 Å². The Labute approximate surface area is 106 Å². The summed E-state index contributed by atoms with van der Waals surface area (Å²) in [5.74, 6) is 2.70. The third-order valence-electron chi connectivity index (χ3n) is 2.01. The van der Waals surface area contributed by atoms with Crippen molar-refractivity contribution in [1.82, 2.24) is 9.97 Å². The van der Waals surface area contributed by atoms with Gasteiger partial charge in [-0.05, 0) is 13.8 Å². The molecular weight excluding hydrogens is 238 g/mol. The van der Waals surface area contributed by atoms with Crippen molar-refractivity contribution in [3.05, 3.63) is 17.6 Å². The number of aliphatic hydroxyl groups excluding tert-OH is 2. The number of aromatic nitrogens is 2. The normalized spacial score (nSPS) is 12.5. The van der Waals surface area contributed by atoms with Gasteiger partial charge in [0.2, 0.25) is 0 Å². The highest BCUT2D eigenvalue weighted by molar-refractivity contribution is 7.98. The smallest absolute Gasteiger partial charge is 0.140 e. The Morgan fingerprint density at radius 1 is 1.47 bits per heavy atom. The van der Waals surface area contributed by atoms with Crippen LogP contribution in [0.1, 0.15) is 18.4 Å². The number of nitrogens with one attached hydrogen (secondary N) is 1. The van der Waals surface area contributed by atoms with E-state index in [0.717, 1.165) is 23.9 Å². The van der Waals surface area contributed by atoms with Crippen LogP contribution in [-0.4, -0.2) is 45.2 Å². The molecule has 0 aliphatic rings. The first-order valence-corrected chi connectivity index (χ1v) is 6.76. The molecule has 96 valence electrons. The number of aliphatic hydroxyl groups is 2. The van der Waals surface area contributed by atoms with Gasteiger partial charge in [-0.2, -0.15) is 11.8 Å². The zero-order chi connectivity index (χ0) is 12.7. The third kappa shape index (κ3) is 5.34. The molecule has 1 heterocycles. The number of thioether (sulfide) groups is 1. The van der Waals surface area contributed by atoms with Crippen LogP contribution in [0.4, 0.5) is 5.82 Å². The summed E-state index contributed by atoms with van der Waals surface area (Å²) in [4.78, 5) is 8.68. The van der Waals surface area contributed by atoms with Crippen molar-refractivity contribution in [2.75, 3.05) is 24.2 Å². The molecular formula is C11H19N3O2S. The van der Waals surface area contributed by atoms with E-state index in [-0.39, 0.29) is 6.61 Å². The fraction of sp³-hybridized carbons (Fsp3) is 0.636. The predicted octanol–water partition coefficient (Wildman–Crippen LogP) is 0.803. The summed E-state index contributed by atoms with van der Waals surface area (Å²) >= 11 is 1.51. The molecule has 1 aromatic rings. The van der Waals surface area contributed by atoms with E-state index in [9.17, 15) is 5.11 Å². The summed E-state index contributed by atoms with van der Waals surface area (Å²) in [5, 5.41) is 21.0. The van der Waals surface area contributed by atoms with Crippen LogP contribution in [0, 0.1) is 6.92 Å². The van der Waals surface area contributed by atoms with Crippen molar-refractivity contribution in [3.8, 4) is 0 Å². The number of nitrogens with zero attached hydrogens (tertiary/aromatic N) is 2. The Balaban J connectivity index is 2.52. The minimum atomic E-state index is -0.668. The fourth-order valence-corrected chi connectivity index (χ4v) is 2.11. The molecule has 0 aliphatic carbocycles. The van der Waals surface area contributed by atoms with Crippen molar-refractivity contribution >= 4 is 17.6 Å². The standard InChI is InChI=1S/C11H19N3O2S/c1-3-12-10-4-8(2)13-11(14-10)7-17-6-9(16)5-15/h4,9,15-16H,3,5-7H2,1-2H3,(H,12,13,14). The summed E-state index contributed by atoms with van der Waals surface area (Å²) in [6.07, 6.45) is -0.668. The van der Waals surface area contributed by atoms with Crippen molar-refractivity contribution in [1.29, 1.82) is 0 Å². The molecule has 0 aromatic carbocycles. The second-order valence-electron chi connectivity index (χ2n) is 3.69. The molecule has 6 heteroatoms. The van der Waals surface area contributed by atoms with Gasteiger partial charge in [-0.15, -0.1) is 0 Å². The summed E-state index contributed by atoms with van der Waals surface area (Å²) in [6.45, 7) is 4.57. The van der Waals surface area contributed by atoms with Crippen molar-refractivity contribution in [2.24, 2.45) is 0 Å². The molecule has 1 atom stereocenters. The zero-order valence-corrected chi connectivity index (χ0v) is 11.0. The van der Waals surface area contributed by atoms with E-state index < -0.39 is 6.10 Å². The van der Waals surface area contributed by atoms with Gasteiger partial charge >= 0.3 is 0 Å². The summed E-state index contributed by atoms with van der Waals surface area (Å²) < 4.78 is 0. The zero-order valence-electron chi connectivity index (χ0n) is 10.2. The predicted molar refractivity (Wildman–Crippen MR) is 70.2 cm³/mol. The molecule has 3 N–H and O–H groups in total. The molecule has 0 saturated heterocycles. The van der Waals surface area contributed by atoms with E-state index in [0.29, 0.717) is 11.5 Å². The van der Waals surface area contributed by atoms with Crippen LogP contribution in [-0.2, 0) is 5.75 Å². The minimum Gasteiger partial charge on any atom is -0.394 e. The molecule has 1 unspecified atom stereocenters. The fourth-order valence-electron chi connectivity index (χ4n) is 1.31. The van der Waals surface area contributed by atoms with E-state index in [1.807, 2.05) is 19.9 Å². The Morgan fingerprint density at radius 3 is 2.88 bits per heavy atom.